The second-order valence-electron chi connectivity index (χ2n) is 4.17. The van der Waals surface area contributed by atoms with Crippen molar-refractivity contribution in [3.05, 3.63) is 0 Å². The quantitative estimate of drug-likeness (QED) is 0.778. The lowest BCUT2D eigenvalue weighted by atomic mass is 10.2. The van der Waals surface area contributed by atoms with Crippen molar-refractivity contribution in [2.24, 2.45) is 5.73 Å². The minimum Gasteiger partial charge on any atom is -0.342 e. The zero-order valence-electron chi connectivity index (χ0n) is 9.74. The van der Waals surface area contributed by atoms with E-state index in [0.717, 1.165) is 12.8 Å². The monoisotopic (exact) mass is 230 g/mol. The van der Waals surface area contributed by atoms with Crippen LogP contribution < -0.4 is 5.73 Å². The normalized spacial score (nSPS) is 25.5. The molecule has 1 saturated carbocycles. The van der Waals surface area contributed by atoms with Gasteiger partial charge in [0.1, 0.15) is 0 Å². The van der Waals surface area contributed by atoms with Crippen molar-refractivity contribution in [1.29, 1.82) is 0 Å². The van der Waals surface area contributed by atoms with Gasteiger partial charge < -0.3 is 10.6 Å². The van der Waals surface area contributed by atoms with Crippen LogP contribution in [0, 0.1) is 0 Å². The Balaban J connectivity index is 2.44. The van der Waals surface area contributed by atoms with Crippen LogP contribution in [0.25, 0.3) is 0 Å². The number of nitrogens with two attached hydrogens (primary N) is 1. The summed E-state index contributed by atoms with van der Waals surface area (Å²) in [5.74, 6) is 0.256. The minimum absolute atomic E-state index is 0.256. The fraction of sp³-hybridized carbons (Fsp3) is 0.909. The van der Waals surface area contributed by atoms with Crippen molar-refractivity contribution in [1.82, 2.24) is 4.90 Å². The highest BCUT2D eigenvalue weighted by Gasteiger charge is 2.31. The first-order chi connectivity index (χ1) is 7.20. The third-order valence-corrected chi connectivity index (χ3v) is 4.36. The van der Waals surface area contributed by atoms with Gasteiger partial charge in [0, 0.05) is 24.8 Å². The number of amides is 1. The summed E-state index contributed by atoms with van der Waals surface area (Å²) in [5.41, 5.74) is 5.41. The SMILES string of the molecule is CS[C@@H]1CCC[C@H]1N(C)C(=O)CCCN. The Hall–Kier alpha value is -0.220. The molecule has 1 fully saturated rings. The molecule has 1 aliphatic carbocycles. The van der Waals surface area contributed by atoms with Crippen molar-refractivity contribution in [3.8, 4) is 0 Å². The summed E-state index contributed by atoms with van der Waals surface area (Å²) in [7, 11) is 1.94. The van der Waals surface area contributed by atoms with Gasteiger partial charge >= 0.3 is 0 Å². The lowest BCUT2D eigenvalue weighted by Gasteiger charge is -2.29. The molecule has 0 bridgehead atoms. The molecule has 0 spiro atoms. The maximum Gasteiger partial charge on any atom is 0.222 e. The summed E-state index contributed by atoms with van der Waals surface area (Å²) in [6, 6.07) is 0.449. The average molecular weight is 230 g/mol. The second-order valence-corrected chi connectivity index (χ2v) is 5.25. The third-order valence-electron chi connectivity index (χ3n) is 3.21. The molecular weight excluding hydrogens is 208 g/mol. The molecule has 4 heteroatoms. The number of carbonyl (C=O) groups is 1. The molecule has 2 N–H and O–H groups in total. The largest absolute Gasteiger partial charge is 0.342 e. The zero-order chi connectivity index (χ0) is 11.3. The van der Waals surface area contributed by atoms with Gasteiger partial charge in [-0.15, -0.1) is 0 Å². The molecule has 0 heterocycles. The van der Waals surface area contributed by atoms with E-state index in [1.807, 2.05) is 23.7 Å². The van der Waals surface area contributed by atoms with E-state index in [-0.39, 0.29) is 5.91 Å². The number of rotatable bonds is 5. The highest BCUT2D eigenvalue weighted by atomic mass is 32.2. The molecule has 0 aromatic rings. The number of thioether (sulfide) groups is 1. The van der Waals surface area contributed by atoms with E-state index in [4.69, 9.17) is 5.73 Å². The molecular formula is C11H22N2OS. The molecule has 2 atom stereocenters. The first kappa shape index (κ1) is 12.8. The second kappa shape index (κ2) is 6.38. The Morgan fingerprint density at radius 3 is 2.87 bits per heavy atom. The molecule has 1 amide bonds. The summed E-state index contributed by atoms with van der Waals surface area (Å²) in [6.45, 7) is 0.607. The molecule has 3 nitrogen and oxygen atoms in total. The van der Waals surface area contributed by atoms with E-state index in [1.54, 1.807) is 0 Å². The van der Waals surface area contributed by atoms with Crippen molar-refractivity contribution in [3.63, 3.8) is 0 Å². The summed E-state index contributed by atoms with van der Waals surface area (Å²) in [4.78, 5) is 13.8. The number of nitrogens with zero attached hydrogens (tertiary/aromatic N) is 1. The van der Waals surface area contributed by atoms with Gasteiger partial charge in [-0.1, -0.05) is 6.42 Å². The average Bonchev–Trinajstić information content (AvgIpc) is 2.72. The van der Waals surface area contributed by atoms with Crippen LogP contribution in [-0.4, -0.2) is 41.9 Å². The van der Waals surface area contributed by atoms with Crippen LogP contribution in [0.5, 0.6) is 0 Å². The Kier molecular flexibility index (Phi) is 5.47. The number of hydrogen-bond donors (Lipinski definition) is 1. The predicted molar refractivity (Wildman–Crippen MR) is 66.0 cm³/mol. The Morgan fingerprint density at radius 2 is 2.27 bits per heavy atom. The summed E-state index contributed by atoms with van der Waals surface area (Å²) in [5, 5.41) is 0.636. The van der Waals surface area contributed by atoms with E-state index in [2.05, 4.69) is 6.26 Å². The van der Waals surface area contributed by atoms with E-state index < -0.39 is 0 Å². The molecule has 0 aliphatic heterocycles. The summed E-state index contributed by atoms with van der Waals surface area (Å²) < 4.78 is 0. The van der Waals surface area contributed by atoms with Crippen LogP contribution in [0.2, 0.25) is 0 Å². The minimum atomic E-state index is 0.256. The highest BCUT2D eigenvalue weighted by Crippen LogP contribution is 2.31. The van der Waals surface area contributed by atoms with Crippen LogP contribution in [0.3, 0.4) is 0 Å². The van der Waals surface area contributed by atoms with Crippen molar-refractivity contribution >= 4 is 17.7 Å². The van der Waals surface area contributed by atoms with E-state index in [9.17, 15) is 4.79 Å². The standard InChI is InChI=1S/C11H22N2OS/c1-13(11(14)7-4-8-12)9-5-3-6-10(9)15-2/h9-10H,3-8,12H2,1-2H3/t9-,10-/m1/s1. The van der Waals surface area contributed by atoms with Crippen LogP contribution >= 0.6 is 11.8 Å². The fourth-order valence-corrected chi connectivity index (χ4v) is 3.27. The van der Waals surface area contributed by atoms with Crippen molar-refractivity contribution < 1.29 is 4.79 Å². The van der Waals surface area contributed by atoms with Gasteiger partial charge in [-0.2, -0.15) is 11.8 Å². The van der Waals surface area contributed by atoms with E-state index in [0.29, 0.717) is 24.3 Å². The van der Waals surface area contributed by atoms with E-state index in [1.165, 1.54) is 12.8 Å². The maximum atomic E-state index is 11.8. The molecule has 0 radical (unpaired) electrons. The van der Waals surface area contributed by atoms with Gasteiger partial charge in [-0.3, -0.25) is 4.79 Å². The third kappa shape index (κ3) is 3.38. The molecule has 1 aliphatic rings. The maximum absolute atomic E-state index is 11.8. The first-order valence-corrected chi connectivity index (χ1v) is 6.98. The smallest absolute Gasteiger partial charge is 0.222 e. The summed E-state index contributed by atoms with van der Waals surface area (Å²) >= 11 is 1.89. The number of hydrogen-bond acceptors (Lipinski definition) is 3. The van der Waals surface area contributed by atoms with Crippen LogP contribution in [-0.2, 0) is 4.79 Å². The predicted octanol–water partition coefficient (Wildman–Crippen LogP) is 1.47. The van der Waals surface area contributed by atoms with Gasteiger partial charge in [0.15, 0.2) is 0 Å². The van der Waals surface area contributed by atoms with E-state index >= 15 is 0 Å². The first-order valence-electron chi connectivity index (χ1n) is 5.69. The van der Waals surface area contributed by atoms with Gasteiger partial charge in [-0.05, 0) is 32.1 Å². The zero-order valence-corrected chi connectivity index (χ0v) is 10.6. The molecule has 0 aromatic carbocycles. The van der Waals surface area contributed by atoms with Gasteiger partial charge in [0.05, 0.1) is 0 Å². The molecule has 0 saturated heterocycles. The lowest BCUT2D eigenvalue weighted by Crippen LogP contribution is -2.40. The molecule has 88 valence electrons. The molecule has 0 aromatic heterocycles. The van der Waals surface area contributed by atoms with Crippen molar-refractivity contribution in [2.45, 2.75) is 43.4 Å². The topological polar surface area (TPSA) is 46.3 Å². The molecule has 1 rings (SSSR count). The molecule has 15 heavy (non-hydrogen) atoms. The van der Waals surface area contributed by atoms with Gasteiger partial charge in [-0.25, -0.2) is 0 Å². The summed E-state index contributed by atoms with van der Waals surface area (Å²) in [6.07, 6.45) is 7.22. The van der Waals surface area contributed by atoms with Gasteiger partial charge in [0.2, 0.25) is 5.91 Å². The van der Waals surface area contributed by atoms with Crippen LogP contribution in [0.4, 0.5) is 0 Å². The van der Waals surface area contributed by atoms with Crippen LogP contribution in [0.1, 0.15) is 32.1 Å². The highest BCUT2D eigenvalue weighted by molar-refractivity contribution is 7.99. The van der Waals surface area contributed by atoms with Gasteiger partial charge in [0.25, 0.3) is 0 Å². The van der Waals surface area contributed by atoms with Crippen molar-refractivity contribution in [2.75, 3.05) is 19.8 Å². The van der Waals surface area contributed by atoms with Crippen LogP contribution in [0.15, 0.2) is 0 Å². The Bertz CT molecular complexity index is 211. The number of carbonyl (C=O) groups excluding carboxylic acids is 1. The molecule has 0 unspecified atom stereocenters. The lowest BCUT2D eigenvalue weighted by molar-refractivity contribution is -0.131. The Labute approximate surface area is 96.8 Å². The fourth-order valence-electron chi connectivity index (χ4n) is 2.24. The Morgan fingerprint density at radius 1 is 1.53 bits per heavy atom.